The van der Waals surface area contributed by atoms with Crippen molar-refractivity contribution in [1.29, 1.82) is 0 Å². The molecule has 2 aromatic rings. The summed E-state index contributed by atoms with van der Waals surface area (Å²) in [5.41, 5.74) is 1.13. The molecule has 2 aromatic carbocycles. The molecule has 0 radical (unpaired) electrons. The van der Waals surface area contributed by atoms with Gasteiger partial charge in [0.2, 0.25) is 0 Å². The van der Waals surface area contributed by atoms with Gasteiger partial charge in [-0.2, -0.15) is 0 Å². The normalized spacial score (nSPS) is 14.8. The van der Waals surface area contributed by atoms with Crippen molar-refractivity contribution < 1.29 is 14.3 Å². The van der Waals surface area contributed by atoms with Crippen LogP contribution in [0.5, 0.6) is 5.75 Å². The first-order valence-corrected chi connectivity index (χ1v) is 8.28. The van der Waals surface area contributed by atoms with E-state index >= 15 is 0 Å². The van der Waals surface area contributed by atoms with Crippen molar-refractivity contribution in [3.8, 4) is 5.75 Å². The predicted octanol–water partition coefficient (Wildman–Crippen LogP) is 3.62. The average Bonchev–Trinajstić information content (AvgIpc) is 3.39. The number of benzene rings is 2. The molecule has 1 amide bonds. The van der Waals surface area contributed by atoms with Crippen molar-refractivity contribution in [2.24, 2.45) is 0 Å². The predicted molar refractivity (Wildman–Crippen MR) is 92.6 cm³/mol. The van der Waals surface area contributed by atoms with Gasteiger partial charge in [0.15, 0.2) is 11.9 Å². The number of halogens is 1. The Bertz CT molecular complexity index is 736. The van der Waals surface area contributed by atoms with Gasteiger partial charge in [0.1, 0.15) is 5.75 Å². The Morgan fingerprint density at radius 3 is 2.12 bits per heavy atom. The number of carbonyl (C=O) groups is 2. The highest BCUT2D eigenvalue weighted by atomic mass is 35.5. The summed E-state index contributed by atoms with van der Waals surface area (Å²) in [6.07, 6.45) is 1.52. The highest BCUT2D eigenvalue weighted by molar-refractivity contribution is 6.30. The lowest BCUT2D eigenvalue weighted by molar-refractivity contribution is -0.127. The number of nitrogens with one attached hydrogen (secondary N) is 1. The van der Waals surface area contributed by atoms with Gasteiger partial charge in [0, 0.05) is 22.2 Å². The maximum Gasteiger partial charge on any atom is 0.260 e. The lowest BCUT2D eigenvalue weighted by Crippen LogP contribution is -2.37. The molecule has 4 nitrogen and oxygen atoms in total. The molecule has 0 aromatic heterocycles. The fourth-order valence-electron chi connectivity index (χ4n) is 2.26. The minimum absolute atomic E-state index is 0.0854. The lowest BCUT2D eigenvalue weighted by atomic mass is 10.0. The SMILES string of the molecule is C[C@@H](Oc1ccc(C(=O)c2ccc(Cl)cc2)cc1)C(=O)NC1CC1. The minimum Gasteiger partial charge on any atom is -0.481 e. The summed E-state index contributed by atoms with van der Waals surface area (Å²) in [7, 11) is 0. The number of ketones is 1. The summed E-state index contributed by atoms with van der Waals surface area (Å²) in [5, 5.41) is 3.49. The maximum absolute atomic E-state index is 12.4. The van der Waals surface area contributed by atoms with Gasteiger partial charge in [0.05, 0.1) is 0 Å². The van der Waals surface area contributed by atoms with Crippen molar-refractivity contribution in [3.63, 3.8) is 0 Å². The maximum atomic E-state index is 12.4. The molecule has 0 unspecified atom stereocenters. The van der Waals surface area contributed by atoms with E-state index in [0.717, 1.165) is 12.8 Å². The van der Waals surface area contributed by atoms with E-state index in [2.05, 4.69) is 5.32 Å². The number of carbonyl (C=O) groups excluding carboxylic acids is 2. The van der Waals surface area contributed by atoms with Gasteiger partial charge in [0.25, 0.3) is 5.91 Å². The Kier molecular flexibility index (Phi) is 4.86. The second-order valence-corrected chi connectivity index (χ2v) is 6.34. The van der Waals surface area contributed by atoms with Crippen LogP contribution in [0.2, 0.25) is 5.02 Å². The van der Waals surface area contributed by atoms with Crippen molar-refractivity contribution in [2.75, 3.05) is 0 Å². The zero-order valence-corrected chi connectivity index (χ0v) is 14.0. The molecule has 24 heavy (non-hydrogen) atoms. The molecule has 0 heterocycles. The zero-order valence-electron chi connectivity index (χ0n) is 13.3. The highest BCUT2D eigenvalue weighted by Crippen LogP contribution is 2.20. The number of hydrogen-bond acceptors (Lipinski definition) is 3. The molecular formula is C19H18ClNO3. The quantitative estimate of drug-likeness (QED) is 0.815. The molecule has 1 fully saturated rings. The van der Waals surface area contributed by atoms with Gasteiger partial charge in [-0.05, 0) is 68.3 Å². The summed E-state index contributed by atoms with van der Waals surface area (Å²) < 4.78 is 5.62. The topological polar surface area (TPSA) is 55.4 Å². The van der Waals surface area contributed by atoms with Crippen LogP contribution in [0.3, 0.4) is 0 Å². The monoisotopic (exact) mass is 343 g/mol. The van der Waals surface area contributed by atoms with Crippen molar-refractivity contribution in [2.45, 2.75) is 31.9 Å². The summed E-state index contributed by atoms with van der Waals surface area (Å²) in [6.45, 7) is 1.71. The van der Waals surface area contributed by atoms with E-state index in [0.29, 0.717) is 27.9 Å². The van der Waals surface area contributed by atoms with Gasteiger partial charge in [-0.3, -0.25) is 9.59 Å². The zero-order chi connectivity index (χ0) is 17.1. The van der Waals surface area contributed by atoms with Crippen LogP contribution < -0.4 is 10.1 Å². The summed E-state index contributed by atoms with van der Waals surface area (Å²) in [4.78, 5) is 24.3. The Morgan fingerprint density at radius 1 is 1.04 bits per heavy atom. The Morgan fingerprint density at radius 2 is 1.58 bits per heavy atom. The number of rotatable bonds is 6. The molecule has 1 aliphatic carbocycles. The van der Waals surface area contributed by atoms with Crippen LogP contribution in [0.1, 0.15) is 35.7 Å². The van der Waals surface area contributed by atoms with E-state index < -0.39 is 6.10 Å². The van der Waals surface area contributed by atoms with Gasteiger partial charge in [-0.1, -0.05) is 11.6 Å². The van der Waals surface area contributed by atoms with Crippen LogP contribution in [0.4, 0.5) is 0 Å². The molecule has 3 rings (SSSR count). The second-order valence-electron chi connectivity index (χ2n) is 5.90. The molecule has 124 valence electrons. The number of amides is 1. The smallest absolute Gasteiger partial charge is 0.260 e. The van der Waals surface area contributed by atoms with E-state index in [4.69, 9.17) is 16.3 Å². The van der Waals surface area contributed by atoms with Crippen molar-refractivity contribution in [3.05, 3.63) is 64.7 Å². The standard InChI is InChI=1S/C19H18ClNO3/c1-12(19(23)21-16-8-9-16)24-17-10-4-14(5-11-17)18(22)13-2-6-15(20)7-3-13/h2-7,10-12,16H,8-9H2,1H3,(H,21,23)/t12-/m1/s1. The molecule has 1 atom stereocenters. The molecular weight excluding hydrogens is 326 g/mol. The largest absolute Gasteiger partial charge is 0.481 e. The highest BCUT2D eigenvalue weighted by Gasteiger charge is 2.26. The van der Waals surface area contributed by atoms with Crippen molar-refractivity contribution >= 4 is 23.3 Å². The molecule has 1 aliphatic rings. The molecule has 0 spiro atoms. The van der Waals surface area contributed by atoms with Gasteiger partial charge in [-0.15, -0.1) is 0 Å². The second kappa shape index (κ2) is 7.05. The van der Waals surface area contributed by atoms with E-state index in [9.17, 15) is 9.59 Å². The first-order valence-electron chi connectivity index (χ1n) is 7.90. The molecule has 5 heteroatoms. The molecule has 1 saturated carbocycles. The van der Waals surface area contributed by atoms with E-state index in [1.807, 2.05) is 0 Å². The van der Waals surface area contributed by atoms with Crippen molar-refractivity contribution in [1.82, 2.24) is 5.32 Å². The van der Waals surface area contributed by atoms with Gasteiger partial charge < -0.3 is 10.1 Å². The Balaban J connectivity index is 1.63. The molecule has 0 saturated heterocycles. The van der Waals surface area contributed by atoms with E-state index in [1.165, 1.54) is 0 Å². The third-order valence-corrected chi connectivity index (χ3v) is 4.08. The third-order valence-electron chi connectivity index (χ3n) is 3.83. The van der Waals surface area contributed by atoms with Gasteiger partial charge in [-0.25, -0.2) is 0 Å². The lowest BCUT2D eigenvalue weighted by Gasteiger charge is -2.14. The van der Waals surface area contributed by atoms with Crippen LogP contribution in [-0.2, 0) is 4.79 Å². The van der Waals surface area contributed by atoms with E-state index in [-0.39, 0.29) is 11.7 Å². The molecule has 1 N–H and O–H groups in total. The van der Waals surface area contributed by atoms with Crippen LogP contribution >= 0.6 is 11.6 Å². The average molecular weight is 344 g/mol. The van der Waals surface area contributed by atoms with Crippen LogP contribution in [-0.4, -0.2) is 23.8 Å². The Labute approximate surface area is 145 Å². The Hall–Kier alpha value is -2.33. The first-order chi connectivity index (χ1) is 11.5. The fourth-order valence-corrected chi connectivity index (χ4v) is 2.38. The fraction of sp³-hybridized carbons (Fsp3) is 0.263. The summed E-state index contributed by atoms with van der Waals surface area (Å²) >= 11 is 5.83. The van der Waals surface area contributed by atoms with Crippen LogP contribution in [0.25, 0.3) is 0 Å². The minimum atomic E-state index is -0.566. The third kappa shape index (κ3) is 4.15. The van der Waals surface area contributed by atoms with Crippen LogP contribution in [0.15, 0.2) is 48.5 Å². The summed E-state index contributed by atoms with van der Waals surface area (Å²) in [6, 6.07) is 13.9. The first kappa shape index (κ1) is 16.5. The molecule has 0 aliphatic heterocycles. The molecule has 0 bridgehead atoms. The number of hydrogen-bond donors (Lipinski definition) is 1. The van der Waals surface area contributed by atoms with Gasteiger partial charge >= 0.3 is 0 Å². The number of ether oxygens (including phenoxy) is 1. The van der Waals surface area contributed by atoms with E-state index in [1.54, 1.807) is 55.5 Å². The van der Waals surface area contributed by atoms with Crippen LogP contribution in [0, 0.1) is 0 Å². The summed E-state index contributed by atoms with van der Waals surface area (Å²) in [5.74, 6) is 0.359.